The van der Waals surface area contributed by atoms with Crippen LogP contribution < -0.4 is 0 Å². The van der Waals surface area contributed by atoms with Gasteiger partial charge in [-0.05, 0) is 47.2 Å². The molecule has 0 atom stereocenters. The van der Waals surface area contributed by atoms with Crippen molar-refractivity contribution in [2.24, 2.45) is 0 Å². The van der Waals surface area contributed by atoms with Crippen molar-refractivity contribution in [2.45, 2.75) is 22.9 Å². The molecule has 2 nitrogen and oxygen atoms in total. The summed E-state index contributed by atoms with van der Waals surface area (Å²) in [6.07, 6.45) is 2.20. The Morgan fingerprint density at radius 1 is 0.897 bits per heavy atom. The van der Waals surface area contributed by atoms with Crippen molar-refractivity contribution < 1.29 is 0 Å². The molecule has 0 N–H and O–H groups in total. The topological polar surface area (TPSA) is 36.7 Å². The zero-order chi connectivity index (χ0) is 19.6. The summed E-state index contributed by atoms with van der Waals surface area (Å²) in [5.41, 5.74) is 8.23. The maximum atomic E-state index is 9.04. The first-order valence-electron chi connectivity index (χ1n) is 9.61. The van der Waals surface area contributed by atoms with Gasteiger partial charge < -0.3 is 0 Å². The number of fused-ring (bicyclic) bond motifs is 3. The van der Waals surface area contributed by atoms with Gasteiger partial charge in [0.05, 0.1) is 17.3 Å². The number of benzene rings is 3. The quantitative estimate of drug-likeness (QED) is 0.350. The number of thiazole rings is 1. The van der Waals surface area contributed by atoms with E-state index in [1.54, 1.807) is 0 Å². The van der Waals surface area contributed by atoms with Gasteiger partial charge in [0.2, 0.25) is 0 Å². The van der Waals surface area contributed by atoms with E-state index in [0.717, 1.165) is 28.5 Å². The molecule has 0 bridgehead atoms. The van der Waals surface area contributed by atoms with Crippen LogP contribution in [0.2, 0.25) is 0 Å². The fourth-order valence-corrected chi connectivity index (χ4v) is 5.99. The smallest absolute Gasteiger partial charge is 0.151 e. The Bertz CT molecular complexity index is 1220. The van der Waals surface area contributed by atoms with E-state index in [0.29, 0.717) is 5.56 Å². The molecule has 4 aromatic rings. The Hall–Kier alpha value is -2.87. The van der Waals surface area contributed by atoms with E-state index in [1.165, 1.54) is 32.8 Å². The van der Waals surface area contributed by atoms with Gasteiger partial charge in [0.15, 0.2) is 4.34 Å². The zero-order valence-corrected chi connectivity index (χ0v) is 17.4. The molecule has 0 unspecified atom stereocenters. The molecular weight excluding hydrogens is 392 g/mol. The highest BCUT2D eigenvalue weighted by Gasteiger charge is 2.20. The van der Waals surface area contributed by atoms with E-state index in [-0.39, 0.29) is 0 Å². The van der Waals surface area contributed by atoms with E-state index in [2.05, 4.69) is 54.6 Å². The van der Waals surface area contributed by atoms with Gasteiger partial charge in [0.1, 0.15) is 0 Å². The van der Waals surface area contributed by atoms with E-state index >= 15 is 0 Å². The lowest BCUT2D eigenvalue weighted by atomic mass is 9.94. The van der Waals surface area contributed by atoms with Crippen molar-refractivity contribution in [3.63, 3.8) is 0 Å². The molecule has 5 rings (SSSR count). The van der Waals surface area contributed by atoms with Gasteiger partial charge in [-0.2, -0.15) is 5.26 Å². The van der Waals surface area contributed by atoms with Crippen LogP contribution in [0.1, 0.15) is 21.6 Å². The van der Waals surface area contributed by atoms with Crippen molar-refractivity contribution in [3.8, 4) is 28.5 Å². The lowest BCUT2D eigenvalue weighted by molar-refractivity contribution is 0.953. The summed E-state index contributed by atoms with van der Waals surface area (Å²) in [6.45, 7) is 0. The largest absolute Gasteiger partial charge is 0.229 e. The van der Waals surface area contributed by atoms with Crippen molar-refractivity contribution in [1.29, 1.82) is 5.26 Å². The van der Waals surface area contributed by atoms with Gasteiger partial charge in [-0.15, -0.1) is 11.3 Å². The molecule has 0 saturated heterocycles. The van der Waals surface area contributed by atoms with Crippen LogP contribution in [0.3, 0.4) is 0 Å². The molecule has 4 heteroatoms. The maximum Gasteiger partial charge on any atom is 0.151 e. The number of rotatable bonds is 4. The molecule has 0 saturated carbocycles. The summed E-state index contributed by atoms with van der Waals surface area (Å²) >= 11 is 3.65. The molecule has 0 aliphatic heterocycles. The highest BCUT2D eigenvalue weighted by Crippen LogP contribution is 2.40. The molecule has 0 spiro atoms. The minimum atomic E-state index is 0.689. The summed E-state index contributed by atoms with van der Waals surface area (Å²) in [7, 11) is 0. The highest BCUT2D eigenvalue weighted by molar-refractivity contribution is 8.00. The SMILES string of the molecule is N#Cc1ccc(-c2ccccc2CSc2nc3c(s2)CCc2ccccc2-3)cc1. The summed E-state index contributed by atoms with van der Waals surface area (Å²) in [5.74, 6) is 0.879. The third-order valence-electron chi connectivity index (χ3n) is 5.27. The van der Waals surface area contributed by atoms with E-state index in [4.69, 9.17) is 10.2 Å². The van der Waals surface area contributed by atoms with Crippen LogP contribution in [0.4, 0.5) is 0 Å². The van der Waals surface area contributed by atoms with Gasteiger partial charge in [-0.25, -0.2) is 4.98 Å². The minimum Gasteiger partial charge on any atom is -0.229 e. The van der Waals surface area contributed by atoms with Gasteiger partial charge in [-0.3, -0.25) is 0 Å². The van der Waals surface area contributed by atoms with Crippen molar-refractivity contribution in [1.82, 2.24) is 4.98 Å². The summed E-state index contributed by atoms with van der Waals surface area (Å²) in [6, 6.07) is 27.1. The first kappa shape index (κ1) is 18.2. The molecule has 140 valence electrons. The Kier molecular flexibility index (Phi) is 4.93. The standard InChI is InChI=1S/C25H18N2S2/c26-15-17-9-11-19(12-10-17)21-7-3-2-6-20(21)16-28-25-27-24-22-8-4-1-5-18(22)13-14-23(24)29-25/h1-12H,13-14,16H2. The third-order valence-corrected chi connectivity index (χ3v) is 7.57. The molecule has 1 aromatic heterocycles. The first-order chi connectivity index (χ1) is 14.3. The number of thioether (sulfide) groups is 1. The predicted molar refractivity (Wildman–Crippen MR) is 121 cm³/mol. The Morgan fingerprint density at radius 2 is 1.66 bits per heavy atom. The lowest BCUT2D eigenvalue weighted by Crippen LogP contribution is -2.01. The van der Waals surface area contributed by atoms with Crippen molar-refractivity contribution in [2.75, 3.05) is 0 Å². The van der Waals surface area contributed by atoms with Crippen LogP contribution >= 0.6 is 23.1 Å². The molecule has 0 amide bonds. The first-order valence-corrected chi connectivity index (χ1v) is 11.4. The minimum absolute atomic E-state index is 0.689. The monoisotopic (exact) mass is 410 g/mol. The average Bonchev–Trinajstić information content (AvgIpc) is 3.22. The Labute approximate surface area is 178 Å². The van der Waals surface area contributed by atoms with Crippen LogP contribution in [0.25, 0.3) is 22.4 Å². The molecule has 1 aliphatic carbocycles. The molecule has 3 aromatic carbocycles. The molecule has 1 heterocycles. The van der Waals surface area contributed by atoms with Gasteiger partial charge >= 0.3 is 0 Å². The third kappa shape index (κ3) is 3.60. The molecule has 29 heavy (non-hydrogen) atoms. The summed E-state index contributed by atoms with van der Waals surface area (Å²) < 4.78 is 1.14. The average molecular weight is 411 g/mol. The van der Waals surface area contributed by atoms with Crippen LogP contribution in [-0.2, 0) is 18.6 Å². The number of aryl methyl sites for hydroxylation is 2. The van der Waals surface area contributed by atoms with Gasteiger partial charge in [0, 0.05) is 16.2 Å². The Morgan fingerprint density at radius 3 is 2.48 bits per heavy atom. The lowest BCUT2D eigenvalue weighted by Gasteiger charge is -2.13. The van der Waals surface area contributed by atoms with Crippen LogP contribution in [-0.4, -0.2) is 4.98 Å². The van der Waals surface area contributed by atoms with E-state index in [1.807, 2.05) is 47.4 Å². The Balaban J connectivity index is 1.39. The summed E-state index contributed by atoms with van der Waals surface area (Å²) in [4.78, 5) is 6.39. The van der Waals surface area contributed by atoms with Crippen molar-refractivity contribution >= 4 is 23.1 Å². The second-order valence-electron chi connectivity index (χ2n) is 7.04. The number of hydrogen-bond donors (Lipinski definition) is 0. The second kappa shape index (κ2) is 7.87. The number of aromatic nitrogens is 1. The fourth-order valence-electron chi connectivity index (χ4n) is 3.78. The maximum absolute atomic E-state index is 9.04. The number of nitriles is 1. The van der Waals surface area contributed by atoms with Gasteiger partial charge in [0.25, 0.3) is 0 Å². The molecule has 1 aliphatic rings. The van der Waals surface area contributed by atoms with Crippen LogP contribution in [0.5, 0.6) is 0 Å². The fraction of sp³-hybridized carbons (Fsp3) is 0.120. The number of nitrogens with zero attached hydrogens (tertiary/aromatic N) is 2. The van der Waals surface area contributed by atoms with E-state index in [9.17, 15) is 0 Å². The second-order valence-corrected chi connectivity index (χ2v) is 9.35. The molecule has 0 radical (unpaired) electrons. The van der Waals surface area contributed by atoms with Crippen LogP contribution in [0, 0.1) is 11.3 Å². The van der Waals surface area contributed by atoms with Crippen LogP contribution in [0.15, 0.2) is 77.1 Å². The van der Waals surface area contributed by atoms with E-state index < -0.39 is 0 Å². The zero-order valence-electron chi connectivity index (χ0n) is 15.8. The van der Waals surface area contributed by atoms with Gasteiger partial charge in [-0.1, -0.05) is 72.4 Å². The highest BCUT2D eigenvalue weighted by atomic mass is 32.2. The molecular formula is C25H18N2S2. The normalized spacial score (nSPS) is 12.1. The molecule has 0 fully saturated rings. The van der Waals surface area contributed by atoms with Crippen molar-refractivity contribution in [3.05, 3.63) is 94.4 Å². The number of hydrogen-bond acceptors (Lipinski definition) is 4. The summed E-state index contributed by atoms with van der Waals surface area (Å²) in [5, 5.41) is 9.04. The predicted octanol–water partition coefficient (Wildman–Crippen LogP) is 6.74.